The predicted octanol–water partition coefficient (Wildman–Crippen LogP) is 4.96. The number of carbonyl (C=O) groups is 1. The minimum absolute atomic E-state index is 0.384. The first kappa shape index (κ1) is 26.3. The van der Waals surface area contributed by atoms with Crippen molar-refractivity contribution < 1.29 is 4.79 Å². The van der Waals surface area contributed by atoms with Gasteiger partial charge in [0.05, 0.1) is 6.04 Å². The zero-order valence-electron chi connectivity index (χ0n) is 22.3. The Bertz CT molecular complexity index is 1380. The number of amides is 1. The molecule has 1 amide bonds. The second kappa shape index (κ2) is 11.2. The second-order valence-electron chi connectivity index (χ2n) is 10.1. The molecule has 38 heavy (non-hydrogen) atoms. The number of nitrogens with two attached hydrogens (primary N) is 1. The Morgan fingerprint density at radius 1 is 1.13 bits per heavy atom. The summed E-state index contributed by atoms with van der Waals surface area (Å²) in [7, 11) is 0. The van der Waals surface area contributed by atoms with Crippen LogP contribution < -0.4 is 16.4 Å². The van der Waals surface area contributed by atoms with Crippen molar-refractivity contribution >= 4 is 23.4 Å². The Morgan fingerprint density at radius 2 is 1.89 bits per heavy atom. The molecule has 0 aromatic heterocycles. The summed E-state index contributed by atoms with van der Waals surface area (Å²) in [6.45, 7) is 8.08. The Morgan fingerprint density at radius 3 is 2.55 bits per heavy atom. The number of aryl methyl sites for hydroxylation is 2. The summed E-state index contributed by atoms with van der Waals surface area (Å²) >= 11 is 1.60. The lowest BCUT2D eigenvalue weighted by atomic mass is 9.82. The molecule has 1 fully saturated rings. The zero-order chi connectivity index (χ0) is 26.7. The van der Waals surface area contributed by atoms with Gasteiger partial charge < -0.3 is 20.9 Å². The fourth-order valence-corrected chi connectivity index (χ4v) is 6.02. The van der Waals surface area contributed by atoms with Crippen LogP contribution in [0.3, 0.4) is 0 Å². The lowest BCUT2D eigenvalue weighted by molar-refractivity contribution is -0.124. The molecule has 5 rings (SSSR count). The van der Waals surface area contributed by atoms with Crippen LogP contribution in [-0.4, -0.2) is 39.6 Å². The van der Waals surface area contributed by atoms with Crippen LogP contribution in [0.15, 0.2) is 66.0 Å². The molecule has 0 saturated carbocycles. The molecule has 4 N–H and O–H groups in total. The summed E-state index contributed by atoms with van der Waals surface area (Å²) in [4.78, 5) is 23.1. The molecule has 198 valence electrons. The van der Waals surface area contributed by atoms with Gasteiger partial charge in [-0.2, -0.15) is 0 Å². The molecule has 3 aliphatic rings. The lowest BCUT2D eigenvalue weighted by Crippen LogP contribution is -2.51. The number of thioether (sulfide) groups is 1. The van der Waals surface area contributed by atoms with Crippen LogP contribution >= 0.6 is 11.8 Å². The average molecular weight is 529 g/mol. The molecule has 1 atom stereocenters. The van der Waals surface area contributed by atoms with Crippen LogP contribution in [0.25, 0.3) is 11.5 Å². The van der Waals surface area contributed by atoms with Gasteiger partial charge in [0.2, 0.25) is 5.91 Å². The number of carbonyl (C=O) groups excluding carboxylic acids is 1. The SMILES string of the molecule is CCCc1ccc(CSc2nc3cccn(C(CC)(C(N)=O)c4cc(NC5CNC5)ccc4C)c-3n2)cc1. The van der Waals surface area contributed by atoms with Crippen molar-refractivity contribution in [1.82, 2.24) is 19.9 Å². The van der Waals surface area contributed by atoms with E-state index in [1.165, 1.54) is 11.1 Å². The van der Waals surface area contributed by atoms with Gasteiger partial charge in [0.1, 0.15) is 11.2 Å². The highest BCUT2D eigenvalue weighted by Gasteiger charge is 2.42. The number of benzene rings is 2. The second-order valence-corrected chi connectivity index (χ2v) is 11.0. The molecule has 0 radical (unpaired) electrons. The maximum atomic E-state index is 13.4. The highest BCUT2D eigenvalue weighted by molar-refractivity contribution is 7.98. The fraction of sp³-hybridized carbons (Fsp3) is 0.367. The van der Waals surface area contributed by atoms with E-state index in [9.17, 15) is 4.79 Å². The van der Waals surface area contributed by atoms with Gasteiger partial charge in [-0.25, -0.2) is 9.97 Å². The lowest BCUT2D eigenvalue weighted by Gasteiger charge is -2.36. The maximum Gasteiger partial charge on any atom is 0.248 e. The molecule has 3 aliphatic heterocycles. The van der Waals surface area contributed by atoms with E-state index in [0.717, 1.165) is 54.2 Å². The van der Waals surface area contributed by atoms with Gasteiger partial charge >= 0.3 is 0 Å². The van der Waals surface area contributed by atoms with Crippen LogP contribution in [-0.2, 0) is 22.5 Å². The Labute approximate surface area is 229 Å². The van der Waals surface area contributed by atoms with Gasteiger partial charge in [-0.05, 0) is 66.3 Å². The first-order valence-electron chi connectivity index (χ1n) is 13.4. The van der Waals surface area contributed by atoms with Crippen molar-refractivity contribution in [3.05, 3.63) is 83.0 Å². The van der Waals surface area contributed by atoms with Crippen molar-refractivity contribution in [2.75, 3.05) is 18.4 Å². The van der Waals surface area contributed by atoms with Gasteiger partial charge in [-0.3, -0.25) is 4.79 Å². The van der Waals surface area contributed by atoms with Crippen molar-refractivity contribution in [3.63, 3.8) is 0 Å². The summed E-state index contributed by atoms with van der Waals surface area (Å²) < 4.78 is 1.93. The van der Waals surface area contributed by atoms with Gasteiger partial charge in [0.25, 0.3) is 0 Å². The van der Waals surface area contributed by atoms with E-state index in [1.54, 1.807) is 11.8 Å². The van der Waals surface area contributed by atoms with E-state index in [2.05, 4.69) is 60.0 Å². The standard InChI is InChI=1S/C30H36N6OS/c1-4-7-21-10-12-22(13-11-21)19-38-29-34-26-8-6-15-36(27(26)35-29)30(5-2,28(31)37)25-16-23(14-9-20(25)3)33-24-17-32-18-24/h6,8-16,24,32-33H,4-5,7,17-19H2,1-3H3,(H2,31,37). The van der Waals surface area contributed by atoms with E-state index in [-0.39, 0.29) is 0 Å². The number of primary amides is 1. The monoisotopic (exact) mass is 528 g/mol. The topological polar surface area (TPSA) is 97.9 Å². The summed E-state index contributed by atoms with van der Waals surface area (Å²) in [5, 5.41) is 7.54. The normalized spacial score (nSPS) is 15.2. The zero-order valence-corrected chi connectivity index (χ0v) is 23.1. The number of imidazole rings is 1. The third-order valence-corrected chi connectivity index (χ3v) is 8.38. The van der Waals surface area contributed by atoms with E-state index in [0.29, 0.717) is 23.4 Å². The van der Waals surface area contributed by atoms with Crippen LogP contribution in [0.1, 0.15) is 48.9 Å². The summed E-state index contributed by atoms with van der Waals surface area (Å²) in [5.74, 6) is 1.03. The highest BCUT2D eigenvalue weighted by Crippen LogP contribution is 2.38. The quantitative estimate of drug-likeness (QED) is 0.238. The van der Waals surface area contributed by atoms with Crippen LogP contribution in [0.5, 0.6) is 0 Å². The van der Waals surface area contributed by atoms with Gasteiger partial charge in [-0.1, -0.05) is 62.4 Å². The largest absolute Gasteiger partial charge is 0.380 e. The molecule has 0 aliphatic carbocycles. The van der Waals surface area contributed by atoms with Crippen LogP contribution in [0.2, 0.25) is 0 Å². The molecule has 1 unspecified atom stereocenters. The van der Waals surface area contributed by atoms with Crippen LogP contribution in [0, 0.1) is 6.92 Å². The average Bonchev–Trinajstić information content (AvgIpc) is 3.32. The number of nitrogens with one attached hydrogen (secondary N) is 2. The van der Waals surface area contributed by atoms with E-state index >= 15 is 0 Å². The molecule has 7 nitrogen and oxygen atoms in total. The molecule has 2 aromatic carbocycles. The molecule has 2 aromatic rings. The minimum atomic E-state index is -1.10. The number of fused-ring (bicyclic) bond motifs is 1. The van der Waals surface area contributed by atoms with Crippen molar-refractivity contribution in [2.24, 2.45) is 5.73 Å². The smallest absolute Gasteiger partial charge is 0.248 e. The third-order valence-electron chi connectivity index (χ3n) is 7.46. The predicted molar refractivity (Wildman–Crippen MR) is 155 cm³/mol. The van der Waals surface area contributed by atoms with Crippen molar-refractivity contribution in [3.8, 4) is 11.5 Å². The van der Waals surface area contributed by atoms with Gasteiger partial charge in [0.15, 0.2) is 11.0 Å². The number of nitrogens with zero attached hydrogens (tertiary/aromatic N) is 3. The molecular formula is C30H36N6OS. The van der Waals surface area contributed by atoms with E-state index in [1.807, 2.05) is 36.7 Å². The first-order chi connectivity index (χ1) is 18.4. The van der Waals surface area contributed by atoms with Crippen molar-refractivity contribution in [2.45, 2.75) is 62.5 Å². The number of hydrogen-bond donors (Lipinski definition) is 3. The van der Waals surface area contributed by atoms with Gasteiger partial charge in [0, 0.05) is 30.7 Å². The van der Waals surface area contributed by atoms with Crippen molar-refractivity contribution in [1.29, 1.82) is 0 Å². The molecule has 8 heteroatoms. The Hall–Kier alpha value is -3.36. The number of rotatable bonds is 11. The van der Waals surface area contributed by atoms with Crippen LogP contribution in [0.4, 0.5) is 5.69 Å². The summed E-state index contributed by atoms with van der Waals surface area (Å²) in [6, 6.07) is 19.2. The minimum Gasteiger partial charge on any atom is -0.380 e. The number of aromatic nitrogens is 3. The first-order valence-corrected chi connectivity index (χ1v) is 14.4. The molecule has 0 spiro atoms. The van der Waals surface area contributed by atoms with E-state index in [4.69, 9.17) is 15.7 Å². The fourth-order valence-electron chi connectivity index (χ4n) is 5.22. The summed E-state index contributed by atoms with van der Waals surface area (Å²) in [5.41, 5.74) is 11.3. The third kappa shape index (κ3) is 5.02. The molecular weight excluding hydrogens is 492 g/mol. The Kier molecular flexibility index (Phi) is 7.72. The maximum absolute atomic E-state index is 13.4. The summed E-state index contributed by atoms with van der Waals surface area (Å²) in [6.07, 6.45) is 4.63. The number of hydrogen-bond acceptors (Lipinski definition) is 6. The molecule has 3 heterocycles. The molecule has 0 bridgehead atoms. The van der Waals surface area contributed by atoms with Gasteiger partial charge in [-0.15, -0.1) is 0 Å². The molecule has 1 saturated heterocycles. The van der Waals surface area contributed by atoms with E-state index < -0.39 is 11.4 Å². The number of pyridine rings is 1. The highest BCUT2D eigenvalue weighted by atomic mass is 32.2. The Balaban J connectivity index is 1.49. The number of anilines is 1.